The van der Waals surface area contributed by atoms with E-state index in [0.717, 1.165) is 11.1 Å². The van der Waals surface area contributed by atoms with Crippen molar-refractivity contribution in [3.63, 3.8) is 0 Å². The van der Waals surface area contributed by atoms with Gasteiger partial charge in [-0.3, -0.25) is 4.31 Å². The summed E-state index contributed by atoms with van der Waals surface area (Å²) in [6.45, 7) is 20.4. The van der Waals surface area contributed by atoms with Gasteiger partial charge in [-0.2, -0.15) is 0 Å². The SMILES string of the molecule is C#CC.C=C/C=C(C=C)/C(/C=C\C)=C\SN(C)C.C=CC.CC. The summed E-state index contributed by atoms with van der Waals surface area (Å²) in [5.41, 5.74) is 2.23. The Hall–Kier alpha value is -1.69. The van der Waals surface area contributed by atoms with Gasteiger partial charge in [0.15, 0.2) is 0 Å². The van der Waals surface area contributed by atoms with Crippen molar-refractivity contribution in [1.82, 2.24) is 4.31 Å². The van der Waals surface area contributed by atoms with Crippen molar-refractivity contribution in [2.24, 2.45) is 0 Å². The van der Waals surface area contributed by atoms with Gasteiger partial charge < -0.3 is 0 Å². The Morgan fingerprint density at radius 1 is 1.09 bits per heavy atom. The fraction of sp³-hybridized carbons (Fsp3) is 0.333. The molecular formula is C21H35NS. The standard InChI is InChI=1S/C13H19NS.C3H6.C3H4.C2H6/c1-6-9-12(8-3)13(10-7-2)11-15-14(4)5;2*1-3-2;1-2/h6-11H,1,3H2,2,4-5H3;3H,1H2,2H3;1H,2H3;1-2H3/b10-7-,12-9+,13-11-;;;. The minimum Gasteiger partial charge on any atom is -0.253 e. The summed E-state index contributed by atoms with van der Waals surface area (Å²) >= 11 is 1.65. The van der Waals surface area contributed by atoms with Crippen LogP contribution in [0.5, 0.6) is 0 Å². The van der Waals surface area contributed by atoms with Crippen LogP contribution in [-0.4, -0.2) is 18.4 Å². The van der Waals surface area contributed by atoms with Crippen LogP contribution in [0, 0.1) is 12.3 Å². The van der Waals surface area contributed by atoms with E-state index in [1.165, 1.54) is 0 Å². The van der Waals surface area contributed by atoms with Gasteiger partial charge in [-0.05, 0) is 51.4 Å². The molecule has 0 radical (unpaired) electrons. The molecule has 0 saturated heterocycles. The molecule has 1 nitrogen and oxygen atoms in total. The van der Waals surface area contributed by atoms with E-state index in [-0.39, 0.29) is 0 Å². The van der Waals surface area contributed by atoms with Crippen LogP contribution in [0.3, 0.4) is 0 Å². The van der Waals surface area contributed by atoms with Crippen molar-refractivity contribution in [1.29, 1.82) is 0 Å². The van der Waals surface area contributed by atoms with Gasteiger partial charge in [-0.1, -0.05) is 75.4 Å². The minimum atomic E-state index is 1.08. The Morgan fingerprint density at radius 3 is 1.78 bits per heavy atom. The van der Waals surface area contributed by atoms with E-state index in [9.17, 15) is 0 Å². The number of hydrogen-bond donors (Lipinski definition) is 0. The smallest absolute Gasteiger partial charge is 0.00254 e. The number of hydrogen-bond acceptors (Lipinski definition) is 2. The van der Waals surface area contributed by atoms with Crippen LogP contribution in [0.25, 0.3) is 0 Å². The fourth-order valence-electron chi connectivity index (χ4n) is 0.954. The molecule has 0 heterocycles. The van der Waals surface area contributed by atoms with Gasteiger partial charge in [0, 0.05) is 0 Å². The largest absolute Gasteiger partial charge is 0.253 e. The molecule has 0 aliphatic heterocycles. The van der Waals surface area contributed by atoms with E-state index in [2.05, 4.69) is 43.6 Å². The van der Waals surface area contributed by atoms with Crippen LogP contribution in [0.2, 0.25) is 0 Å². The highest BCUT2D eigenvalue weighted by Gasteiger charge is 1.97. The molecule has 130 valence electrons. The first-order valence-electron chi connectivity index (χ1n) is 7.55. The average Bonchev–Trinajstić information content (AvgIpc) is 2.53. The average molecular weight is 334 g/mol. The Kier molecular flexibility index (Phi) is 36.3. The molecule has 0 rings (SSSR count). The first-order valence-corrected chi connectivity index (χ1v) is 8.39. The maximum absolute atomic E-state index is 4.60. The lowest BCUT2D eigenvalue weighted by molar-refractivity contribution is 0.708. The van der Waals surface area contributed by atoms with Crippen LogP contribution in [0.15, 0.2) is 72.7 Å². The van der Waals surface area contributed by atoms with Gasteiger partial charge in [0.05, 0.1) is 0 Å². The highest BCUT2D eigenvalue weighted by Crippen LogP contribution is 2.18. The van der Waals surface area contributed by atoms with Crippen molar-refractivity contribution >= 4 is 11.9 Å². The zero-order chi connectivity index (χ0) is 19.1. The van der Waals surface area contributed by atoms with Crippen molar-refractivity contribution in [2.75, 3.05) is 14.1 Å². The molecular weight excluding hydrogens is 298 g/mol. The lowest BCUT2D eigenvalue weighted by atomic mass is 10.1. The van der Waals surface area contributed by atoms with E-state index < -0.39 is 0 Å². The van der Waals surface area contributed by atoms with E-state index in [1.54, 1.807) is 31.0 Å². The van der Waals surface area contributed by atoms with E-state index in [0.29, 0.717) is 0 Å². The molecule has 0 bridgehead atoms. The molecule has 0 fully saturated rings. The Morgan fingerprint density at radius 2 is 1.52 bits per heavy atom. The Bertz CT molecular complexity index is 404. The summed E-state index contributed by atoms with van der Waals surface area (Å²) in [4.78, 5) is 0. The number of terminal acetylenes is 1. The second-order valence-corrected chi connectivity index (χ2v) is 4.93. The third-order valence-corrected chi connectivity index (χ3v) is 2.37. The predicted molar refractivity (Wildman–Crippen MR) is 114 cm³/mol. The van der Waals surface area contributed by atoms with Crippen LogP contribution >= 0.6 is 11.9 Å². The van der Waals surface area contributed by atoms with Crippen molar-refractivity contribution < 1.29 is 0 Å². The minimum absolute atomic E-state index is 1.08. The van der Waals surface area contributed by atoms with Gasteiger partial charge in [0.1, 0.15) is 0 Å². The molecule has 0 amide bonds. The molecule has 0 unspecified atom stereocenters. The van der Waals surface area contributed by atoms with Gasteiger partial charge >= 0.3 is 0 Å². The zero-order valence-corrected chi connectivity index (χ0v) is 16.9. The normalized spacial score (nSPS) is 10.0. The maximum Gasteiger partial charge on any atom is -0.00254 e. The van der Waals surface area contributed by atoms with Crippen molar-refractivity contribution in [3.8, 4) is 12.3 Å². The topological polar surface area (TPSA) is 3.24 Å². The Labute approximate surface area is 150 Å². The lowest BCUT2D eigenvalue weighted by Gasteiger charge is -2.07. The molecule has 0 aliphatic carbocycles. The molecule has 0 aromatic rings. The van der Waals surface area contributed by atoms with E-state index >= 15 is 0 Å². The number of allylic oxidation sites excluding steroid dienone is 8. The highest BCUT2D eigenvalue weighted by atomic mass is 32.2. The van der Waals surface area contributed by atoms with Crippen LogP contribution in [0.4, 0.5) is 0 Å². The van der Waals surface area contributed by atoms with Gasteiger partial charge in [0.25, 0.3) is 0 Å². The summed E-state index contributed by atoms with van der Waals surface area (Å²) in [5.74, 6) is 2.25. The Balaban J connectivity index is -0.000000190. The van der Waals surface area contributed by atoms with Crippen LogP contribution in [-0.2, 0) is 0 Å². The molecule has 0 N–H and O–H groups in total. The molecule has 0 aromatic heterocycles. The van der Waals surface area contributed by atoms with E-state index in [1.807, 2.05) is 64.3 Å². The highest BCUT2D eigenvalue weighted by molar-refractivity contribution is 7.99. The van der Waals surface area contributed by atoms with Gasteiger partial charge in [0.2, 0.25) is 0 Å². The third kappa shape index (κ3) is 29.0. The monoisotopic (exact) mass is 333 g/mol. The van der Waals surface area contributed by atoms with Crippen molar-refractivity contribution in [2.45, 2.75) is 34.6 Å². The summed E-state index contributed by atoms with van der Waals surface area (Å²) in [6, 6.07) is 0. The quantitative estimate of drug-likeness (QED) is 0.227. The molecule has 0 atom stereocenters. The van der Waals surface area contributed by atoms with E-state index in [4.69, 9.17) is 0 Å². The molecule has 0 aliphatic rings. The second-order valence-electron chi connectivity index (χ2n) is 3.75. The number of rotatable bonds is 6. The molecule has 23 heavy (non-hydrogen) atoms. The predicted octanol–water partition coefficient (Wildman–Crippen LogP) is 6.81. The van der Waals surface area contributed by atoms with Gasteiger partial charge in [-0.15, -0.1) is 18.9 Å². The zero-order valence-electron chi connectivity index (χ0n) is 16.1. The summed E-state index contributed by atoms with van der Waals surface area (Å²) in [5, 5.41) is 2.09. The first kappa shape index (κ1) is 29.3. The molecule has 0 saturated carbocycles. The van der Waals surface area contributed by atoms with Gasteiger partial charge in [-0.25, -0.2) is 0 Å². The lowest BCUT2D eigenvalue weighted by Crippen LogP contribution is -1.97. The third-order valence-electron chi connectivity index (χ3n) is 1.59. The molecule has 0 aromatic carbocycles. The summed E-state index contributed by atoms with van der Waals surface area (Å²) < 4.78 is 2.04. The summed E-state index contributed by atoms with van der Waals surface area (Å²) in [6.07, 6.45) is 16.0. The van der Waals surface area contributed by atoms with Crippen LogP contribution < -0.4 is 0 Å². The molecule has 0 spiro atoms. The summed E-state index contributed by atoms with van der Waals surface area (Å²) in [7, 11) is 4.03. The fourth-order valence-corrected chi connectivity index (χ4v) is 1.49. The maximum atomic E-state index is 4.60. The number of nitrogens with zero attached hydrogens (tertiary/aromatic N) is 1. The molecule has 2 heteroatoms. The first-order chi connectivity index (χ1) is 11.0. The van der Waals surface area contributed by atoms with Crippen molar-refractivity contribution in [3.05, 3.63) is 72.7 Å². The van der Waals surface area contributed by atoms with Crippen LogP contribution in [0.1, 0.15) is 34.6 Å². The second kappa shape index (κ2) is 28.5.